The number of unbranched alkanes of at least 4 members (excludes halogenated alkanes) is 1. The van der Waals surface area contributed by atoms with Crippen molar-refractivity contribution in [3.8, 4) is 0 Å². The molecular formula is C15H26BrNO. The van der Waals surface area contributed by atoms with Crippen LogP contribution in [0.1, 0.15) is 64.2 Å². The average Bonchev–Trinajstić information content (AvgIpc) is 2.89. The zero-order valence-corrected chi connectivity index (χ0v) is 13.0. The fourth-order valence-electron chi connectivity index (χ4n) is 3.63. The van der Waals surface area contributed by atoms with Gasteiger partial charge in [0.1, 0.15) is 0 Å². The van der Waals surface area contributed by atoms with Crippen molar-refractivity contribution in [1.29, 1.82) is 0 Å². The topological polar surface area (TPSA) is 20.3 Å². The predicted molar refractivity (Wildman–Crippen MR) is 79.0 cm³/mol. The summed E-state index contributed by atoms with van der Waals surface area (Å²) in [6, 6.07) is 0.585. The second-order valence-electron chi connectivity index (χ2n) is 5.84. The summed E-state index contributed by atoms with van der Waals surface area (Å²) in [5, 5.41) is 1.02. The van der Waals surface area contributed by atoms with Crippen molar-refractivity contribution in [2.45, 2.75) is 70.3 Å². The minimum Gasteiger partial charge on any atom is -0.339 e. The van der Waals surface area contributed by atoms with Crippen LogP contribution in [0.5, 0.6) is 0 Å². The third-order valence-electron chi connectivity index (χ3n) is 4.59. The van der Waals surface area contributed by atoms with E-state index < -0.39 is 0 Å². The predicted octanol–water partition coefficient (Wildman–Crippen LogP) is 4.12. The molecule has 0 spiro atoms. The Labute approximate surface area is 120 Å². The van der Waals surface area contributed by atoms with E-state index in [4.69, 9.17) is 0 Å². The third kappa shape index (κ3) is 3.72. The van der Waals surface area contributed by atoms with Gasteiger partial charge in [0.05, 0.1) is 0 Å². The van der Waals surface area contributed by atoms with Gasteiger partial charge in [-0.3, -0.25) is 4.79 Å². The number of likely N-dealkylation sites (tertiary alicyclic amines) is 1. The van der Waals surface area contributed by atoms with E-state index in [1.807, 2.05) is 0 Å². The van der Waals surface area contributed by atoms with Crippen molar-refractivity contribution >= 4 is 21.8 Å². The third-order valence-corrected chi connectivity index (χ3v) is 5.15. The molecule has 18 heavy (non-hydrogen) atoms. The standard InChI is InChI=1S/C15H26BrNO/c16-11-5-4-10-15(18)17-12-6-9-14(17)13-7-2-1-3-8-13/h13-14H,1-12H2. The number of amides is 1. The first-order chi connectivity index (χ1) is 8.83. The number of rotatable bonds is 5. The normalized spacial score (nSPS) is 25.6. The van der Waals surface area contributed by atoms with Crippen molar-refractivity contribution < 1.29 is 4.79 Å². The van der Waals surface area contributed by atoms with E-state index in [1.165, 1.54) is 44.9 Å². The van der Waals surface area contributed by atoms with Gasteiger partial charge < -0.3 is 4.90 Å². The fraction of sp³-hybridized carbons (Fsp3) is 0.933. The molecule has 0 N–H and O–H groups in total. The summed E-state index contributed by atoms with van der Waals surface area (Å²) in [5.41, 5.74) is 0. The summed E-state index contributed by atoms with van der Waals surface area (Å²) in [5.74, 6) is 1.23. The summed E-state index contributed by atoms with van der Waals surface area (Å²) in [7, 11) is 0. The summed E-state index contributed by atoms with van der Waals surface area (Å²) in [4.78, 5) is 14.5. The Morgan fingerprint density at radius 3 is 2.56 bits per heavy atom. The monoisotopic (exact) mass is 315 g/mol. The first-order valence-corrected chi connectivity index (χ1v) is 8.80. The van der Waals surface area contributed by atoms with E-state index in [9.17, 15) is 4.79 Å². The van der Waals surface area contributed by atoms with Crippen LogP contribution >= 0.6 is 15.9 Å². The second kappa shape index (κ2) is 7.52. The number of hydrogen-bond acceptors (Lipinski definition) is 1. The van der Waals surface area contributed by atoms with Gasteiger partial charge in [0.25, 0.3) is 0 Å². The molecule has 1 unspecified atom stereocenters. The summed E-state index contributed by atoms with van der Waals surface area (Å²) in [6.45, 7) is 1.02. The molecule has 2 rings (SSSR count). The number of halogens is 1. The summed E-state index contributed by atoms with van der Waals surface area (Å²) < 4.78 is 0. The van der Waals surface area contributed by atoms with Crippen LogP contribution in [0.25, 0.3) is 0 Å². The van der Waals surface area contributed by atoms with E-state index in [0.717, 1.165) is 37.1 Å². The zero-order valence-electron chi connectivity index (χ0n) is 11.4. The van der Waals surface area contributed by atoms with E-state index >= 15 is 0 Å². The average molecular weight is 316 g/mol. The minimum atomic E-state index is 0.420. The highest BCUT2D eigenvalue weighted by Crippen LogP contribution is 2.34. The molecule has 1 heterocycles. The molecule has 1 saturated heterocycles. The van der Waals surface area contributed by atoms with Crippen LogP contribution < -0.4 is 0 Å². The molecule has 1 amide bonds. The van der Waals surface area contributed by atoms with Gasteiger partial charge in [-0.05, 0) is 44.4 Å². The number of alkyl halides is 1. The smallest absolute Gasteiger partial charge is 0.222 e. The SMILES string of the molecule is O=C(CCCCBr)N1CCCC1C1CCCCC1. The van der Waals surface area contributed by atoms with E-state index in [1.54, 1.807) is 0 Å². The van der Waals surface area contributed by atoms with Gasteiger partial charge in [-0.2, -0.15) is 0 Å². The van der Waals surface area contributed by atoms with Crippen LogP contribution in [-0.2, 0) is 4.79 Å². The van der Waals surface area contributed by atoms with Crippen LogP contribution in [0.3, 0.4) is 0 Å². The highest BCUT2D eigenvalue weighted by molar-refractivity contribution is 9.09. The maximum atomic E-state index is 12.3. The van der Waals surface area contributed by atoms with Crippen LogP contribution in [0.2, 0.25) is 0 Å². The number of hydrogen-bond donors (Lipinski definition) is 0. The molecular weight excluding hydrogens is 290 g/mol. The lowest BCUT2D eigenvalue weighted by molar-refractivity contribution is -0.133. The van der Waals surface area contributed by atoms with Gasteiger partial charge in [-0.15, -0.1) is 0 Å². The molecule has 1 aliphatic heterocycles. The summed E-state index contributed by atoms with van der Waals surface area (Å²) >= 11 is 3.43. The number of nitrogens with zero attached hydrogens (tertiary/aromatic N) is 1. The number of carbonyl (C=O) groups is 1. The first-order valence-electron chi connectivity index (χ1n) is 7.68. The van der Waals surface area contributed by atoms with Crippen molar-refractivity contribution in [3.63, 3.8) is 0 Å². The van der Waals surface area contributed by atoms with Crippen molar-refractivity contribution in [3.05, 3.63) is 0 Å². The van der Waals surface area contributed by atoms with Crippen molar-refractivity contribution in [1.82, 2.24) is 4.90 Å². The lowest BCUT2D eigenvalue weighted by atomic mass is 9.83. The van der Waals surface area contributed by atoms with Gasteiger partial charge in [0.2, 0.25) is 5.91 Å². The lowest BCUT2D eigenvalue weighted by Gasteiger charge is -2.34. The van der Waals surface area contributed by atoms with Crippen LogP contribution in [0.4, 0.5) is 0 Å². The van der Waals surface area contributed by atoms with E-state index in [0.29, 0.717) is 11.9 Å². The Hall–Kier alpha value is -0.0500. The molecule has 1 aliphatic carbocycles. The zero-order chi connectivity index (χ0) is 12.8. The van der Waals surface area contributed by atoms with Crippen molar-refractivity contribution in [2.75, 3.05) is 11.9 Å². The Morgan fingerprint density at radius 2 is 1.83 bits per heavy atom. The van der Waals surface area contributed by atoms with Gasteiger partial charge in [-0.25, -0.2) is 0 Å². The van der Waals surface area contributed by atoms with Crippen molar-refractivity contribution in [2.24, 2.45) is 5.92 Å². The van der Waals surface area contributed by atoms with Gasteiger partial charge in [-0.1, -0.05) is 35.2 Å². The highest BCUT2D eigenvalue weighted by Gasteiger charge is 2.34. The molecule has 2 nitrogen and oxygen atoms in total. The molecule has 0 aromatic heterocycles. The molecule has 3 heteroatoms. The second-order valence-corrected chi connectivity index (χ2v) is 6.63. The summed E-state index contributed by atoms with van der Waals surface area (Å²) in [6.07, 6.45) is 12.3. The molecule has 0 aromatic carbocycles. The molecule has 1 saturated carbocycles. The first kappa shape index (κ1) is 14.4. The molecule has 1 atom stereocenters. The quantitative estimate of drug-likeness (QED) is 0.552. The molecule has 0 aromatic rings. The van der Waals surface area contributed by atoms with Crippen LogP contribution in [-0.4, -0.2) is 28.7 Å². The van der Waals surface area contributed by atoms with Gasteiger partial charge >= 0.3 is 0 Å². The molecule has 0 radical (unpaired) electrons. The minimum absolute atomic E-state index is 0.420. The fourth-order valence-corrected chi connectivity index (χ4v) is 4.02. The maximum absolute atomic E-state index is 12.3. The maximum Gasteiger partial charge on any atom is 0.222 e. The van der Waals surface area contributed by atoms with Crippen LogP contribution in [0, 0.1) is 5.92 Å². The lowest BCUT2D eigenvalue weighted by Crippen LogP contribution is -2.40. The molecule has 2 aliphatic rings. The van der Waals surface area contributed by atoms with E-state index in [-0.39, 0.29) is 0 Å². The highest BCUT2D eigenvalue weighted by atomic mass is 79.9. The van der Waals surface area contributed by atoms with Gasteiger partial charge in [0, 0.05) is 24.3 Å². The largest absolute Gasteiger partial charge is 0.339 e. The Morgan fingerprint density at radius 1 is 1.06 bits per heavy atom. The Bertz CT molecular complexity index is 263. The van der Waals surface area contributed by atoms with Gasteiger partial charge in [0.15, 0.2) is 0 Å². The number of carbonyl (C=O) groups excluding carboxylic acids is 1. The van der Waals surface area contributed by atoms with E-state index in [2.05, 4.69) is 20.8 Å². The molecule has 2 fully saturated rings. The Balaban J connectivity index is 1.84. The Kier molecular flexibility index (Phi) is 6.00. The molecule has 104 valence electrons. The molecule has 0 bridgehead atoms. The van der Waals surface area contributed by atoms with Crippen LogP contribution in [0.15, 0.2) is 0 Å².